The fourth-order valence-electron chi connectivity index (χ4n) is 2.22. The SMILES string of the molecule is O=c1[nH]n(Cc2ccccc2)c2ccc([NH+]([O-])O)cc12. The molecule has 0 radical (unpaired) electrons. The number of aromatic amines is 1. The second kappa shape index (κ2) is 4.93. The summed E-state index contributed by atoms with van der Waals surface area (Å²) in [5.41, 5.74) is 1.59. The number of quaternary nitrogens is 1. The first kappa shape index (κ1) is 12.6. The van der Waals surface area contributed by atoms with E-state index in [0.29, 0.717) is 17.4 Å². The lowest BCUT2D eigenvalue weighted by Crippen LogP contribution is -2.99. The van der Waals surface area contributed by atoms with Gasteiger partial charge in [-0.05, 0) is 11.6 Å². The van der Waals surface area contributed by atoms with Crippen LogP contribution in [0, 0.1) is 5.21 Å². The van der Waals surface area contributed by atoms with Crippen molar-refractivity contribution in [2.24, 2.45) is 0 Å². The van der Waals surface area contributed by atoms with Crippen LogP contribution in [0.5, 0.6) is 0 Å². The predicted molar refractivity (Wildman–Crippen MR) is 73.9 cm³/mol. The average molecular weight is 271 g/mol. The average Bonchev–Trinajstić information content (AvgIpc) is 2.76. The van der Waals surface area contributed by atoms with Crippen LogP contribution < -0.4 is 10.8 Å². The number of H-pyrrole nitrogens is 1. The molecule has 6 heteroatoms. The highest BCUT2D eigenvalue weighted by Crippen LogP contribution is 2.14. The zero-order valence-corrected chi connectivity index (χ0v) is 10.5. The van der Waals surface area contributed by atoms with Gasteiger partial charge in [-0.25, -0.2) is 5.21 Å². The van der Waals surface area contributed by atoms with Gasteiger partial charge in [-0.15, -0.1) is 0 Å². The topological polar surface area (TPSA) is 85.5 Å². The minimum Gasteiger partial charge on any atom is -0.595 e. The highest BCUT2D eigenvalue weighted by molar-refractivity contribution is 5.80. The molecule has 0 amide bonds. The Kier molecular flexibility index (Phi) is 3.11. The van der Waals surface area contributed by atoms with Crippen LogP contribution in [-0.4, -0.2) is 15.0 Å². The van der Waals surface area contributed by atoms with Gasteiger partial charge in [0.15, 0.2) is 5.69 Å². The third-order valence-electron chi connectivity index (χ3n) is 3.20. The number of aromatic nitrogens is 2. The highest BCUT2D eigenvalue weighted by atomic mass is 16.8. The first-order chi connectivity index (χ1) is 9.65. The van der Waals surface area contributed by atoms with E-state index in [0.717, 1.165) is 5.56 Å². The van der Waals surface area contributed by atoms with E-state index >= 15 is 0 Å². The summed E-state index contributed by atoms with van der Waals surface area (Å²) in [6.45, 7) is 0.534. The Hall–Kier alpha value is -2.41. The molecule has 0 saturated carbocycles. The Morgan fingerprint density at radius 1 is 1.20 bits per heavy atom. The largest absolute Gasteiger partial charge is 0.595 e. The lowest BCUT2D eigenvalue weighted by atomic mass is 10.2. The Morgan fingerprint density at radius 2 is 1.95 bits per heavy atom. The van der Waals surface area contributed by atoms with Crippen molar-refractivity contribution in [3.05, 3.63) is 69.7 Å². The molecule has 3 rings (SSSR count). The van der Waals surface area contributed by atoms with Gasteiger partial charge in [0.25, 0.3) is 5.56 Å². The van der Waals surface area contributed by atoms with E-state index in [1.807, 2.05) is 30.3 Å². The maximum Gasteiger partial charge on any atom is 0.272 e. The summed E-state index contributed by atoms with van der Waals surface area (Å²) >= 11 is 0. The molecule has 6 nitrogen and oxygen atoms in total. The van der Waals surface area contributed by atoms with Gasteiger partial charge >= 0.3 is 0 Å². The number of benzene rings is 2. The van der Waals surface area contributed by atoms with Gasteiger partial charge in [0.05, 0.1) is 17.4 Å². The molecule has 0 aliphatic heterocycles. The summed E-state index contributed by atoms with van der Waals surface area (Å²) in [4.78, 5) is 11.9. The Labute approximate surface area is 114 Å². The second-order valence-corrected chi connectivity index (χ2v) is 4.55. The van der Waals surface area contributed by atoms with E-state index in [1.165, 1.54) is 12.1 Å². The molecule has 0 bridgehead atoms. The maximum atomic E-state index is 11.9. The smallest absolute Gasteiger partial charge is 0.272 e. The van der Waals surface area contributed by atoms with Crippen LogP contribution in [0.2, 0.25) is 0 Å². The van der Waals surface area contributed by atoms with E-state index in [4.69, 9.17) is 5.21 Å². The van der Waals surface area contributed by atoms with Gasteiger partial charge in [0, 0.05) is 12.1 Å². The molecular formula is C14H13N3O3. The molecule has 0 saturated heterocycles. The monoisotopic (exact) mass is 271 g/mol. The summed E-state index contributed by atoms with van der Waals surface area (Å²) < 4.78 is 1.72. The quantitative estimate of drug-likeness (QED) is 0.615. The first-order valence-electron chi connectivity index (χ1n) is 6.15. The van der Waals surface area contributed by atoms with Crippen LogP contribution in [0.15, 0.2) is 53.3 Å². The molecule has 0 spiro atoms. The van der Waals surface area contributed by atoms with Gasteiger partial charge in [-0.2, -0.15) is 5.23 Å². The summed E-state index contributed by atoms with van der Waals surface area (Å²) in [7, 11) is 0. The fraction of sp³-hybridized carbons (Fsp3) is 0.0714. The van der Waals surface area contributed by atoms with Crippen LogP contribution >= 0.6 is 0 Å². The summed E-state index contributed by atoms with van der Waals surface area (Å²) in [5, 5.41) is 22.0. The molecule has 1 unspecified atom stereocenters. The normalized spacial score (nSPS) is 12.7. The molecule has 2 aromatic carbocycles. The number of hydrogen-bond donors (Lipinski definition) is 3. The minimum atomic E-state index is -1.04. The molecule has 102 valence electrons. The van der Waals surface area contributed by atoms with Gasteiger partial charge in [0.2, 0.25) is 0 Å². The van der Waals surface area contributed by atoms with E-state index in [-0.39, 0.29) is 11.2 Å². The van der Waals surface area contributed by atoms with Crippen LogP contribution in [0.4, 0.5) is 5.69 Å². The molecule has 20 heavy (non-hydrogen) atoms. The van der Waals surface area contributed by atoms with Crippen molar-refractivity contribution < 1.29 is 10.4 Å². The van der Waals surface area contributed by atoms with Crippen molar-refractivity contribution in [2.75, 3.05) is 0 Å². The predicted octanol–water partition coefficient (Wildman–Crippen LogP) is 0.781. The Balaban J connectivity index is 2.07. The van der Waals surface area contributed by atoms with E-state index < -0.39 is 5.23 Å². The van der Waals surface area contributed by atoms with Gasteiger partial charge in [-0.3, -0.25) is 14.6 Å². The van der Waals surface area contributed by atoms with Crippen LogP contribution in [0.25, 0.3) is 10.9 Å². The summed E-state index contributed by atoms with van der Waals surface area (Å²) in [6, 6.07) is 14.3. The molecule has 1 aromatic heterocycles. The van der Waals surface area contributed by atoms with Crippen molar-refractivity contribution in [1.29, 1.82) is 0 Å². The number of nitrogens with one attached hydrogen (secondary N) is 2. The lowest BCUT2D eigenvalue weighted by molar-refractivity contribution is -0.991. The molecule has 0 aliphatic rings. The first-order valence-corrected chi connectivity index (χ1v) is 6.15. The molecule has 0 aliphatic carbocycles. The van der Waals surface area contributed by atoms with Crippen LogP contribution in [0.3, 0.4) is 0 Å². The van der Waals surface area contributed by atoms with Gasteiger partial charge < -0.3 is 5.21 Å². The highest BCUT2D eigenvalue weighted by Gasteiger charge is 2.10. The molecule has 1 atom stereocenters. The van der Waals surface area contributed by atoms with E-state index in [2.05, 4.69) is 5.10 Å². The zero-order chi connectivity index (χ0) is 14.1. The second-order valence-electron chi connectivity index (χ2n) is 4.55. The van der Waals surface area contributed by atoms with Crippen LogP contribution in [-0.2, 0) is 6.54 Å². The Morgan fingerprint density at radius 3 is 2.65 bits per heavy atom. The van der Waals surface area contributed by atoms with Gasteiger partial charge in [-0.1, -0.05) is 30.3 Å². The van der Waals surface area contributed by atoms with Gasteiger partial charge in [0.1, 0.15) is 0 Å². The Bertz CT molecular complexity index is 790. The molecule has 0 fully saturated rings. The van der Waals surface area contributed by atoms with E-state index in [9.17, 15) is 10.0 Å². The number of hydrogen-bond acceptors (Lipinski definition) is 3. The lowest BCUT2D eigenvalue weighted by Gasteiger charge is -2.11. The standard InChI is InChI=1S/C14H13N3O3/c18-14-12-8-11(17(19)20)6-7-13(12)16(15-14)9-10-4-2-1-3-5-10/h1-8,17,19H,9H2,(H,15,18). The zero-order valence-electron chi connectivity index (χ0n) is 10.5. The van der Waals surface area contributed by atoms with Crippen molar-refractivity contribution in [2.45, 2.75) is 6.54 Å². The molecule has 3 N–H and O–H groups in total. The number of fused-ring (bicyclic) bond motifs is 1. The molecular weight excluding hydrogens is 258 g/mol. The summed E-state index contributed by atoms with van der Waals surface area (Å²) in [6.07, 6.45) is 0. The van der Waals surface area contributed by atoms with Crippen molar-refractivity contribution in [3.8, 4) is 0 Å². The maximum absolute atomic E-state index is 11.9. The van der Waals surface area contributed by atoms with Crippen molar-refractivity contribution >= 4 is 16.6 Å². The van der Waals surface area contributed by atoms with Crippen LogP contribution in [0.1, 0.15) is 5.56 Å². The third kappa shape index (κ3) is 2.23. The fourth-order valence-corrected chi connectivity index (χ4v) is 2.22. The molecule has 3 aromatic rings. The van der Waals surface area contributed by atoms with Crippen molar-refractivity contribution in [3.63, 3.8) is 0 Å². The van der Waals surface area contributed by atoms with E-state index in [1.54, 1.807) is 10.7 Å². The minimum absolute atomic E-state index is 0.112. The molecule has 1 heterocycles. The number of rotatable bonds is 3. The number of nitrogens with zero attached hydrogens (tertiary/aromatic N) is 1. The van der Waals surface area contributed by atoms with Crippen molar-refractivity contribution in [1.82, 2.24) is 9.78 Å². The third-order valence-corrected chi connectivity index (χ3v) is 3.20. The summed E-state index contributed by atoms with van der Waals surface area (Å²) in [5.74, 6) is 0.